The van der Waals surface area contributed by atoms with Crippen LogP contribution in [-0.2, 0) is 4.79 Å². The van der Waals surface area contributed by atoms with E-state index in [0.717, 1.165) is 0 Å². The molecule has 0 radical (unpaired) electrons. The molecule has 1 aromatic rings. The minimum atomic E-state index is -0.962. The average Bonchev–Trinajstić information content (AvgIpc) is 2.35. The van der Waals surface area contributed by atoms with Gasteiger partial charge in [-0.25, -0.2) is 0 Å². The van der Waals surface area contributed by atoms with Gasteiger partial charge in [-0.3, -0.25) is 4.79 Å². The molecule has 0 aromatic heterocycles. The molecule has 0 aliphatic carbocycles. The first kappa shape index (κ1) is 17.3. The standard InChI is InChI=1S/C12H17NO5.ClH/c1-16-9-4-7(8(13)6-11(14)15)5-10(17-2)12(9)18-3;/h4-5,8H,6,13H2,1-3H3,(H,14,15);1H. The fourth-order valence-electron chi connectivity index (χ4n) is 1.62. The number of carboxylic acids is 1. The second-order valence-electron chi connectivity index (χ2n) is 3.66. The van der Waals surface area contributed by atoms with Crippen LogP contribution in [0.1, 0.15) is 18.0 Å². The molecule has 0 aliphatic rings. The molecule has 0 fully saturated rings. The number of rotatable bonds is 6. The highest BCUT2D eigenvalue weighted by molar-refractivity contribution is 5.85. The molecule has 0 saturated carbocycles. The SMILES string of the molecule is COc1cc(C(N)CC(=O)O)cc(OC)c1OC.Cl. The highest BCUT2D eigenvalue weighted by Crippen LogP contribution is 2.39. The molecule has 0 spiro atoms. The van der Waals surface area contributed by atoms with E-state index in [9.17, 15) is 4.79 Å². The number of nitrogens with two attached hydrogens (primary N) is 1. The second-order valence-corrected chi connectivity index (χ2v) is 3.66. The van der Waals surface area contributed by atoms with E-state index in [1.54, 1.807) is 12.1 Å². The van der Waals surface area contributed by atoms with Crippen molar-refractivity contribution in [2.75, 3.05) is 21.3 Å². The van der Waals surface area contributed by atoms with Crippen LogP contribution in [0.4, 0.5) is 0 Å². The minimum absolute atomic E-state index is 0. The lowest BCUT2D eigenvalue weighted by Crippen LogP contribution is -2.15. The lowest BCUT2D eigenvalue weighted by atomic mass is 10.0. The maximum atomic E-state index is 10.6. The molecule has 0 amide bonds. The van der Waals surface area contributed by atoms with Gasteiger partial charge in [0.05, 0.1) is 27.8 Å². The zero-order chi connectivity index (χ0) is 13.7. The third-order valence-electron chi connectivity index (χ3n) is 2.51. The van der Waals surface area contributed by atoms with Gasteiger partial charge in [-0.15, -0.1) is 12.4 Å². The summed E-state index contributed by atoms with van der Waals surface area (Å²) in [5.74, 6) is 0.392. The molecule has 7 heteroatoms. The molecule has 19 heavy (non-hydrogen) atoms. The molecule has 6 nitrogen and oxygen atoms in total. The summed E-state index contributed by atoms with van der Waals surface area (Å²) < 4.78 is 15.5. The van der Waals surface area contributed by atoms with Crippen molar-refractivity contribution in [3.05, 3.63) is 17.7 Å². The van der Waals surface area contributed by atoms with Crippen molar-refractivity contribution in [3.8, 4) is 17.2 Å². The van der Waals surface area contributed by atoms with Crippen LogP contribution in [0.15, 0.2) is 12.1 Å². The Kier molecular flexibility index (Phi) is 7.03. The summed E-state index contributed by atoms with van der Waals surface area (Å²) in [6.07, 6.45) is -0.168. The van der Waals surface area contributed by atoms with E-state index >= 15 is 0 Å². The highest BCUT2D eigenvalue weighted by atomic mass is 35.5. The van der Waals surface area contributed by atoms with Gasteiger partial charge in [0.15, 0.2) is 11.5 Å². The molecule has 1 unspecified atom stereocenters. The first-order valence-electron chi connectivity index (χ1n) is 5.30. The normalized spacial score (nSPS) is 11.2. The topological polar surface area (TPSA) is 91.0 Å². The summed E-state index contributed by atoms with van der Waals surface area (Å²) >= 11 is 0. The van der Waals surface area contributed by atoms with E-state index in [1.165, 1.54) is 21.3 Å². The van der Waals surface area contributed by atoms with Gasteiger partial charge < -0.3 is 25.1 Å². The van der Waals surface area contributed by atoms with Crippen LogP contribution in [0.2, 0.25) is 0 Å². The Morgan fingerprint density at radius 1 is 1.21 bits per heavy atom. The molecule has 0 aliphatic heterocycles. The number of benzene rings is 1. The molecule has 1 aromatic carbocycles. The third kappa shape index (κ3) is 4.18. The van der Waals surface area contributed by atoms with Gasteiger partial charge in [-0.2, -0.15) is 0 Å². The quantitative estimate of drug-likeness (QED) is 0.827. The predicted molar refractivity (Wildman–Crippen MR) is 72.5 cm³/mol. The van der Waals surface area contributed by atoms with E-state index < -0.39 is 12.0 Å². The number of carbonyl (C=O) groups is 1. The number of methoxy groups -OCH3 is 3. The van der Waals surface area contributed by atoms with Crippen molar-refractivity contribution >= 4 is 18.4 Å². The highest BCUT2D eigenvalue weighted by Gasteiger charge is 2.18. The van der Waals surface area contributed by atoms with Gasteiger partial charge in [0.25, 0.3) is 0 Å². The first-order chi connectivity index (χ1) is 8.53. The Labute approximate surface area is 117 Å². The Hall–Kier alpha value is -1.66. The average molecular weight is 292 g/mol. The monoisotopic (exact) mass is 291 g/mol. The Morgan fingerprint density at radius 3 is 2.00 bits per heavy atom. The number of hydrogen-bond donors (Lipinski definition) is 2. The fourth-order valence-corrected chi connectivity index (χ4v) is 1.62. The lowest BCUT2D eigenvalue weighted by Gasteiger charge is -2.16. The lowest BCUT2D eigenvalue weighted by molar-refractivity contribution is -0.137. The molecule has 108 valence electrons. The molecular weight excluding hydrogens is 274 g/mol. The Balaban J connectivity index is 0.00000324. The molecule has 1 atom stereocenters. The summed E-state index contributed by atoms with van der Waals surface area (Å²) in [5.41, 5.74) is 6.42. The van der Waals surface area contributed by atoms with Gasteiger partial charge in [0.2, 0.25) is 5.75 Å². The van der Waals surface area contributed by atoms with E-state index in [2.05, 4.69) is 0 Å². The smallest absolute Gasteiger partial charge is 0.305 e. The van der Waals surface area contributed by atoms with Crippen LogP contribution in [-0.4, -0.2) is 32.4 Å². The minimum Gasteiger partial charge on any atom is -0.493 e. The van der Waals surface area contributed by atoms with E-state index in [4.69, 9.17) is 25.1 Å². The molecule has 0 bridgehead atoms. The predicted octanol–water partition coefficient (Wildman–Crippen LogP) is 1.61. The largest absolute Gasteiger partial charge is 0.493 e. The van der Waals surface area contributed by atoms with Crippen molar-refractivity contribution in [2.24, 2.45) is 5.73 Å². The Morgan fingerprint density at radius 2 is 1.68 bits per heavy atom. The molecular formula is C12H18ClNO5. The van der Waals surface area contributed by atoms with Gasteiger partial charge in [0.1, 0.15) is 0 Å². The second kappa shape index (κ2) is 7.70. The van der Waals surface area contributed by atoms with Crippen LogP contribution in [0.25, 0.3) is 0 Å². The van der Waals surface area contributed by atoms with Crippen molar-refractivity contribution in [3.63, 3.8) is 0 Å². The number of hydrogen-bond acceptors (Lipinski definition) is 5. The number of carboxylic acid groups (broad SMARTS) is 1. The van der Waals surface area contributed by atoms with Crippen molar-refractivity contribution in [1.29, 1.82) is 0 Å². The summed E-state index contributed by atoms with van der Waals surface area (Å²) in [6.45, 7) is 0. The van der Waals surface area contributed by atoms with Crippen LogP contribution in [0, 0.1) is 0 Å². The zero-order valence-corrected chi connectivity index (χ0v) is 11.8. The van der Waals surface area contributed by atoms with Gasteiger partial charge >= 0.3 is 5.97 Å². The maximum absolute atomic E-state index is 10.6. The number of aliphatic carboxylic acids is 1. The van der Waals surface area contributed by atoms with Crippen LogP contribution >= 0.6 is 12.4 Å². The van der Waals surface area contributed by atoms with Gasteiger partial charge in [0, 0.05) is 6.04 Å². The summed E-state index contributed by atoms with van der Waals surface area (Å²) in [4.78, 5) is 10.6. The third-order valence-corrected chi connectivity index (χ3v) is 2.51. The van der Waals surface area contributed by atoms with Crippen LogP contribution < -0.4 is 19.9 Å². The first-order valence-corrected chi connectivity index (χ1v) is 5.30. The van der Waals surface area contributed by atoms with Crippen molar-refractivity contribution in [1.82, 2.24) is 0 Å². The summed E-state index contributed by atoms with van der Waals surface area (Å²) in [5, 5.41) is 8.73. The van der Waals surface area contributed by atoms with Crippen LogP contribution in [0.3, 0.4) is 0 Å². The molecule has 3 N–H and O–H groups in total. The summed E-state index contributed by atoms with van der Waals surface area (Å²) in [7, 11) is 4.48. The van der Waals surface area contributed by atoms with E-state index in [0.29, 0.717) is 22.8 Å². The van der Waals surface area contributed by atoms with Crippen LogP contribution in [0.5, 0.6) is 17.2 Å². The van der Waals surface area contributed by atoms with E-state index in [1.807, 2.05) is 0 Å². The molecule has 0 saturated heterocycles. The Bertz CT molecular complexity index is 413. The number of ether oxygens (including phenoxy) is 3. The van der Waals surface area contributed by atoms with E-state index in [-0.39, 0.29) is 18.8 Å². The van der Waals surface area contributed by atoms with Gasteiger partial charge in [-0.05, 0) is 17.7 Å². The maximum Gasteiger partial charge on any atom is 0.305 e. The van der Waals surface area contributed by atoms with Crippen molar-refractivity contribution in [2.45, 2.75) is 12.5 Å². The van der Waals surface area contributed by atoms with Crippen molar-refractivity contribution < 1.29 is 24.1 Å². The number of halogens is 1. The molecule has 1 rings (SSSR count). The fraction of sp³-hybridized carbons (Fsp3) is 0.417. The van der Waals surface area contributed by atoms with Gasteiger partial charge in [-0.1, -0.05) is 0 Å². The molecule has 0 heterocycles. The zero-order valence-electron chi connectivity index (χ0n) is 11.0. The summed E-state index contributed by atoms with van der Waals surface area (Å²) in [6, 6.07) is 2.67.